The molecule has 0 atom stereocenters. The van der Waals surface area contributed by atoms with Gasteiger partial charge in [-0.15, -0.1) is 11.3 Å². The second-order valence-corrected chi connectivity index (χ2v) is 8.64. The molecule has 3 N–H and O–H groups in total. The summed E-state index contributed by atoms with van der Waals surface area (Å²) in [6.07, 6.45) is -1.41. The van der Waals surface area contributed by atoms with Crippen LogP contribution in [0.4, 0.5) is 18.3 Å². The number of para-hydroxylation sites is 2. The smallest absolute Gasteiger partial charge is 0.449 e. The van der Waals surface area contributed by atoms with Gasteiger partial charge in [0.25, 0.3) is 0 Å². The third-order valence-corrected chi connectivity index (χ3v) is 5.97. The lowest BCUT2D eigenvalue weighted by Crippen LogP contribution is -2.40. The number of anilines is 1. The number of carbonyl (C=O) groups is 3. The number of likely N-dealkylation sites (tertiary alicyclic amines) is 1. The third kappa shape index (κ3) is 7.23. The average Bonchev–Trinajstić information content (AvgIpc) is 3.43. The zero-order valence-corrected chi connectivity index (χ0v) is 19.1. The number of alkyl halides is 3. The lowest BCUT2D eigenvalue weighted by molar-refractivity contribution is -0.159. The van der Waals surface area contributed by atoms with Crippen LogP contribution in [0.1, 0.15) is 18.7 Å². The Hall–Kier alpha value is -3.52. The SMILES string of the molecule is O=C(CN1CCC(Cn2c(C(F)(F)F)nc3ccccc32)CC1)Nc1nccs1.O=C(O)C(=O)O. The molecule has 2 aromatic heterocycles. The highest BCUT2D eigenvalue weighted by Gasteiger charge is 2.38. The highest BCUT2D eigenvalue weighted by Crippen LogP contribution is 2.33. The maximum Gasteiger partial charge on any atom is 0.449 e. The van der Waals surface area contributed by atoms with E-state index in [0.717, 1.165) is 12.8 Å². The van der Waals surface area contributed by atoms with Crippen molar-refractivity contribution in [1.29, 1.82) is 0 Å². The number of fused-ring (bicyclic) bond motifs is 1. The number of carbonyl (C=O) groups excluding carboxylic acids is 1. The van der Waals surface area contributed by atoms with Crippen LogP contribution in [-0.2, 0) is 27.1 Å². The molecule has 1 aromatic carbocycles. The van der Waals surface area contributed by atoms with Gasteiger partial charge in [-0.25, -0.2) is 19.6 Å². The molecule has 4 rings (SSSR count). The molecule has 188 valence electrons. The van der Waals surface area contributed by atoms with E-state index >= 15 is 0 Å². The maximum atomic E-state index is 13.5. The number of amides is 1. The summed E-state index contributed by atoms with van der Waals surface area (Å²) in [4.78, 5) is 40.1. The van der Waals surface area contributed by atoms with Crippen LogP contribution in [0.3, 0.4) is 0 Å². The van der Waals surface area contributed by atoms with Crippen LogP contribution in [0.25, 0.3) is 11.0 Å². The number of piperidine rings is 1. The number of nitrogens with one attached hydrogen (secondary N) is 1. The van der Waals surface area contributed by atoms with Crippen molar-refractivity contribution >= 4 is 45.3 Å². The molecule has 10 nitrogen and oxygen atoms in total. The van der Waals surface area contributed by atoms with E-state index in [1.807, 2.05) is 4.90 Å². The monoisotopic (exact) mass is 513 g/mol. The summed E-state index contributed by atoms with van der Waals surface area (Å²) in [5.41, 5.74) is 0.862. The standard InChI is InChI=1S/C19H20F3N5OS.C2H2O4/c20-19(21,22)17-24-14-3-1-2-4-15(14)27(17)11-13-5-8-26(9-6-13)12-16(28)25-18-23-7-10-29-18;3-1(4)2(5)6/h1-4,7,10,13H,5-6,8-9,11-12H2,(H,23,25,28);(H,3,4)(H,5,6). The molecule has 1 saturated heterocycles. The number of imidazole rings is 1. The van der Waals surface area contributed by atoms with Gasteiger partial charge in [-0.1, -0.05) is 12.1 Å². The largest absolute Gasteiger partial charge is 0.473 e. The minimum Gasteiger partial charge on any atom is -0.473 e. The Balaban J connectivity index is 0.000000509. The van der Waals surface area contributed by atoms with Gasteiger partial charge in [0.05, 0.1) is 17.6 Å². The second-order valence-electron chi connectivity index (χ2n) is 7.75. The zero-order chi connectivity index (χ0) is 25.6. The predicted octanol–water partition coefficient (Wildman–Crippen LogP) is 3.02. The number of halogens is 3. The minimum absolute atomic E-state index is 0.104. The summed E-state index contributed by atoms with van der Waals surface area (Å²) < 4.78 is 41.7. The summed E-state index contributed by atoms with van der Waals surface area (Å²) >= 11 is 1.36. The van der Waals surface area contributed by atoms with E-state index < -0.39 is 23.9 Å². The van der Waals surface area contributed by atoms with Crippen LogP contribution in [0, 0.1) is 5.92 Å². The molecule has 35 heavy (non-hydrogen) atoms. The number of aliphatic carboxylic acids is 2. The predicted molar refractivity (Wildman–Crippen MR) is 120 cm³/mol. The first-order valence-corrected chi connectivity index (χ1v) is 11.3. The van der Waals surface area contributed by atoms with Crippen molar-refractivity contribution < 1.29 is 37.8 Å². The summed E-state index contributed by atoms with van der Waals surface area (Å²) in [6, 6.07) is 6.69. The van der Waals surface area contributed by atoms with Crippen molar-refractivity contribution in [3.05, 3.63) is 41.7 Å². The lowest BCUT2D eigenvalue weighted by Gasteiger charge is -2.32. The fourth-order valence-electron chi connectivity index (χ4n) is 3.71. The van der Waals surface area contributed by atoms with Gasteiger partial charge in [0.15, 0.2) is 5.13 Å². The van der Waals surface area contributed by atoms with Crippen molar-refractivity contribution in [2.24, 2.45) is 5.92 Å². The minimum atomic E-state index is -4.49. The number of aromatic nitrogens is 3. The molecule has 1 aliphatic heterocycles. The summed E-state index contributed by atoms with van der Waals surface area (Å²) in [6.45, 7) is 1.87. The molecule has 1 amide bonds. The van der Waals surface area contributed by atoms with Crippen molar-refractivity contribution in [2.75, 3.05) is 25.0 Å². The molecule has 0 spiro atoms. The number of thiazole rings is 1. The number of nitrogens with zero attached hydrogens (tertiary/aromatic N) is 4. The molecule has 0 bridgehead atoms. The van der Waals surface area contributed by atoms with Crippen LogP contribution in [0.2, 0.25) is 0 Å². The van der Waals surface area contributed by atoms with Crippen molar-refractivity contribution in [3.8, 4) is 0 Å². The van der Waals surface area contributed by atoms with Crippen molar-refractivity contribution in [3.63, 3.8) is 0 Å². The number of carboxylic acid groups (broad SMARTS) is 2. The quantitative estimate of drug-likeness (QED) is 0.443. The highest BCUT2D eigenvalue weighted by molar-refractivity contribution is 7.13. The summed E-state index contributed by atoms with van der Waals surface area (Å²) in [7, 11) is 0. The Labute approximate surface area is 201 Å². The van der Waals surface area contributed by atoms with Gasteiger partial charge < -0.3 is 20.1 Å². The van der Waals surface area contributed by atoms with E-state index in [0.29, 0.717) is 29.3 Å². The Kier molecular flexibility index (Phi) is 8.40. The maximum absolute atomic E-state index is 13.5. The van der Waals surface area contributed by atoms with E-state index in [-0.39, 0.29) is 24.9 Å². The topological polar surface area (TPSA) is 138 Å². The number of benzene rings is 1. The van der Waals surface area contributed by atoms with Crippen LogP contribution in [-0.4, -0.2) is 67.1 Å². The van der Waals surface area contributed by atoms with Crippen molar-refractivity contribution in [1.82, 2.24) is 19.4 Å². The summed E-state index contributed by atoms with van der Waals surface area (Å²) in [5, 5.41) is 19.9. The molecule has 0 unspecified atom stereocenters. The number of hydrogen-bond acceptors (Lipinski definition) is 7. The van der Waals surface area contributed by atoms with Gasteiger partial charge in [-0.05, 0) is 44.0 Å². The average molecular weight is 513 g/mol. The number of rotatable bonds is 5. The first-order chi connectivity index (χ1) is 16.5. The van der Waals surface area contributed by atoms with E-state index in [9.17, 15) is 18.0 Å². The molecular weight excluding hydrogens is 491 g/mol. The van der Waals surface area contributed by atoms with E-state index in [2.05, 4.69) is 15.3 Å². The number of hydrogen-bond donors (Lipinski definition) is 3. The van der Waals surface area contributed by atoms with Crippen LogP contribution >= 0.6 is 11.3 Å². The first kappa shape index (κ1) is 26.1. The molecule has 1 fully saturated rings. The molecule has 14 heteroatoms. The molecule has 3 heterocycles. The van der Waals surface area contributed by atoms with Crippen LogP contribution in [0.5, 0.6) is 0 Å². The number of carboxylic acids is 2. The van der Waals surface area contributed by atoms with Gasteiger partial charge in [0.1, 0.15) is 0 Å². The van der Waals surface area contributed by atoms with Crippen LogP contribution < -0.4 is 5.32 Å². The Bertz CT molecular complexity index is 1160. The highest BCUT2D eigenvalue weighted by atomic mass is 32.1. The second kappa shape index (κ2) is 11.3. The fraction of sp³-hybridized carbons (Fsp3) is 0.381. The fourth-order valence-corrected chi connectivity index (χ4v) is 4.25. The Morgan fingerprint density at radius 1 is 1.11 bits per heavy atom. The normalized spacial score (nSPS) is 14.8. The van der Waals surface area contributed by atoms with Crippen LogP contribution in [0.15, 0.2) is 35.8 Å². The van der Waals surface area contributed by atoms with E-state index in [1.54, 1.807) is 35.8 Å². The summed E-state index contributed by atoms with van der Waals surface area (Å²) in [5.74, 6) is -4.51. The molecule has 0 saturated carbocycles. The van der Waals surface area contributed by atoms with Gasteiger partial charge >= 0.3 is 18.1 Å². The van der Waals surface area contributed by atoms with E-state index in [4.69, 9.17) is 19.8 Å². The van der Waals surface area contributed by atoms with Gasteiger partial charge in [-0.2, -0.15) is 13.2 Å². The van der Waals surface area contributed by atoms with E-state index in [1.165, 1.54) is 15.9 Å². The first-order valence-electron chi connectivity index (χ1n) is 10.4. The molecular formula is C21H22F3N5O5S. The molecule has 1 aliphatic rings. The molecule has 0 aliphatic carbocycles. The zero-order valence-electron chi connectivity index (χ0n) is 18.2. The third-order valence-electron chi connectivity index (χ3n) is 5.28. The Morgan fingerprint density at radius 2 is 1.77 bits per heavy atom. The van der Waals surface area contributed by atoms with Crippen molar-refractivity contribution in [2.45, 2.75) is 25.6 Å². The van der Waals surface area contributed by atoms with Gasteiger partial charge in [0.2, 0.25) is 11.7 Å². The van der Waals surface area contributed by atoms with Gasteiger partial charge in [0, 0.05) is 18.1 Å². The molecule has 3 aromatic rings. The molecule has 0 radical (unpaired) electrons. The Morgan fingerprint density at radius 3 is 2.34 bits per heavy atom. The lowest BCUT2D eigenvalue weighted by atomic mass is 9.96. The van der Waals surface area contributed by atoms with Gasteiger partial charge in [-0.3, -0.25) is 9.69 Å².